The lowest BCUT2D eigenvalue weighted by Gasteiger charge is -2.13. The second kappa shape index (κ2) is 7.36. The van der Waals surface area contributed by atoms with Crippen molar-refractivity contribution in [2.24, 2.45) is 0 Å². The largest absolute Gasteiger partial charge is 0.494 e. The first-order chi connectivity index (χ1) is 10.7. The van der Waals surface area contributed by atoms with Gasteiger partial charge in [0.1, 0.15) is 5.75 Å². The second-order valence-electron chi connectivity index (χ2n) is 4.46. The molecule has 0 fully saturated rings. The molecular weight excluding hydrogens is 282 g/mol. The summed E-state index contributed by atoms with van der Waals surface area (Å²) in [6.07, 6.45) is 0. The number of carbonyl (C=O) groups is 1. The molecule has 2 aromatic carbocycles. The van der Waals surface area contributed by atoms with Crippen LogP contribution in [-0.2, 0) is 0 Å². The van der Waals surface area contributed by atoms with E-state index in [-0.39, 0.29) is 5.91 Å². The number of rotatable bonds is 6. The van der Waals surface area contributed by atoms with Crippen LogP contribution in [0.1, 0.15) is 17.3 Å². The Balaban J connectivity index is 2.24. The van der Waals surface area contributed by atoms with Crippen LogP contribution >= 0.6 is 0 Å². The summed E-state index contributed by atoms with van der Waals surface area (Å²) in [7, 11) is 3.04. The van der Waals surface area contributed by atoms with Crippen LogP contribution in [0.4, 0.5) is 5.69 Å². The Hall–Kier alpha value is -2.69. The molecule has 2 aromatic rings. The summed E-state index contributed by atoms with van der Waals surface area (Å²) in [4.78, 5) is 12.4. The number of anilines is 1. The highest BCUT2D eigenvalue weighted by Gasteiger charge is 2.16. The van der Waals surface area contributed by atoms with Gasteiger partial charge in [0.2, 0.25) is 0 Å². The zero-order chi connectivity index (χ0) is 15.9. The molecule has 5 heteroatoms. The maximum Gasteiger partial charge on any atom is 0.259 e. The van der Waals surface area contributed by atoms with Gasteiger partial charge in [-0.3, -0.25) is 4.79 Å². The normalized spacial score (nSPS) is 9.95. The molecule has 0 unspecified atom stereocenters. The molecule has 2 rings (SSSR count). The molecule has 0 aliphatic heterocycles. The summed E-state index contributed by atoms with van der Waals surface area (Å²) in [5.74, 6) is 1.35. The molecule has 116 valence electrons. The van der Waals surface area contributed by atoms with Crippen LogP contribution in [0, 0.1) is 0 Å². The molecule has 22 heavy (non-hydrogen) atoms. The third-order valence-electron chi connectivity index (χ3n) is 3.05. The van der Waals surface area contributed by atoms with E-state index in [0.717, 1.165) is 0 Å². The Morgan fingerprint density at radius 1 is 1.09 bits per heavy atom. The Morgan fingerprint density at radius 2 is 1.86 bits per heavy atom. The van der Waals surface area contributed by atoms with E-state index in [9.17, 15) is 4.79 Å². The number of carbonyl (C=O) groups excluding carboxylic acids is 1. The molecule has 0 aliphatic rings. The number of ether oxygens (including phenoxy) is 3. The van der Waals surface area contributed by atoms with E-state index in [1.165, 1.54) is 14.2 Å². The van der Waals surface area contributed by atoms with E-state index in [1.54, 1.807) is 30.3 Å². The molecule has 0 atom stereocenters. The van der Waals surface area contributed by atoms with Crippen molar-refractivity contribution in [1.29, 1.82) is 0 Å². The molecule has 0 bridgehead atoms. The van der Waals surface area contributed by atoms with Gasteiger partial charge in [0.15, 0.2) is 11.5 Å². The van der Waals surface area contributed by atoms with Gasteiger partial charge in [-0.05, 0) is 31.2 Å². The lowest BCUT2D eigenvalue weighted by molar-refractivity contribution is 0.102. The molecule has 1 amide bonds. The van der Waals surface area contributed by atoms with Crippen molar-refractivity contribution in [1.82, 2.24) is 0 Å². The smallest absolute Gasteiger partial charge is 0.259 e. The van der Waals surface area contributed by atoms with Gasteiger partial charge in [-0.25, -0.2) is 0 Å². The highest BCUT2D eigenvalue weighted by molar-refractivity contribution is 6.06. The van der Waals surface area contributed by atoms with E-state index in [2.05, 4.69) is 5.32 Å². The van der Waals surface area contributed by atoms with Crippen molar-refractivity contribution in [2.75, 3.05) is 26.1 Å². The fourth-order valence-electron chi connectivity index (χ4n) is 2.09. The monoisotopic (exact) mass is 301 g/mol. The Labute approximate surface area is 129 Å². The fraction of sp³-hybridized carbons (Fsp3) is 0.235. The standard InChI is InChI=1S/C17H19NO4/c1-4-22-13-8-5-7-12(11-13)18-17(19)14-9-6-10-15(20-2)16(14)21-3/h5-11H,4H2,1-3H3,(H,18,19). The van der Waals surface area contributed by atoms with Gasteiger partial charge in [0.25, 0.3) is 5.91 Å². The predicted molar refractivity (Wildman–Crippen MR) is 85.1 cm³/mol. The van der Waals surface area contributed by atoms with Crippen molar-refractivity contribution in [3.8, 4) is 17.2 Å². The van der Waals surface area contributed by atoms with Gasteiger partial charge in [0, 0.05) is 11.8 Å². The van der Waals surface area contributed by atoms with Crippen LogP contribution in [0.5, 0.6) is 17.2 Å². The molecule has 0 spiro atoms. The molecule has 0 radical (unpaired) electrons. The zero-order valence-corrected chi connectivity index (χ0v) is 12.9. The van der Waals surface area contributed by atoms with Gasteiger partial charge < -0.3 is 19.5 Å². The van der Waals surface area contributed by atoms with Crippen molar-refractivity contribution >= 4 is 11.6 Å². The summed E-state index contributed by atoms with van der Waals surface area (Å²) in [5, 5.41) is 2.83. The van der Waals surface area contributed by atoms with E-state index in [0.29, 0.717) is 35.1 Å². The lowest BCUT2D eigenvalue weighted by Crippen LogP contribution is -2.13. The van der Waals surface area contributed by atoms with Crippen LogP contribution in [0.3, 0.4) is 0 Å². The maximum absolute atomic E-state index is 12.4. The van der Waals surface area contributed by atoms with Crippen molar-refractivity contribution < 1.29 is 19.0 Å². The minimum atomic E-state index is -0.274. The van der Waals surface area contributed by atoms with E-state index in [1.807, 2.05) is 19.1 Å². The van der Waals surface area contributed by atoms with Gasteiger partial charge in [-0.15, -0.1) is 0 Å². The molecule has 0 saturated heterocycles. The van der Waals surface area contributed by atoms with E-state index < -0.39 is 0 Å². The van der Waals surface area contributed by atoms with Gasteiger partial charge in [0.05, 0.1) is 26.4 Å². The minimum Gasteiger partial charge on any atom is -0.494 e. The Bertz CT molecular complexity index is 655. The highest BCUT2D eigenvalue weighted by atomic mass is 16.5. The molecule has 0 aromatic heterocycles. The SMILES string of the molecule is CCOc1cccc(NC(=O)c2cccc(OC)c2OC)c1. The molecule has 5 nitrogen and oxygen atoms in total. The third kappa shape index (κ3) is 3.49. The number of hydrogen-bond acceptors (Lipinski definition) is 4. The van der Waals surface area contributed by atoms with Gasteiger partial charge in [-0.2, -0.15) is 0 Å². The molecule has 0 saturated carbocycles. The fourth-order valence-corrected chi connectivity index (χ4v) is 2.09. The maximum atomic E-state index is 12.4. The number of para-hydroxylation sites is 1. The summed E-state index contributed by atoms with van der Waals surface area (Å²) < 4.78 is 15.9. The lowest BCUT2D eigenvalue weighted by atomic mass is 10.1. The molecule has 1 N–H and O–H groups in total. The predicted octanol–water partition coefficient (Wildman–Crippen LogP) is 3.35. The summed E-state index contributed by atoms with van der Waals surface area (Å²) in [6, 6.07) is 12.4. The number of nitrogens with one attached hydrogen (secondary N) is 1. The second-order valence-corrected chi connectivity index (χ2v) is 4.46. The summed E-state index contributed by atoms with van der Waals surface area (Å²) in [6.45, 7) is 2.48. The minimum absolute atomic E-state index is 0.274. The average Bonchev–Trinajstić information content (AvgIpc) is 2.54. The third-order valence-corrected chi connectivity index (χ3v) is 3.05. The first-order valence-corrected chi connectivity index (χ1v) is 6.94. The number of methoxy groups -OCH3 is 2. The van der Waals surface area contributed by atoms with Crippen LogP contribution in [0.2, 0.25) is 0 Å². The topological polar surface area (TPSA) is 56.8 Å². The molecule has 0 heterocycles. The number of amides is 1. The van der Waals surface area contributed by atoms with Crippen molar-refractivity contribution in [2.45, 2.75) is 6.92 Å². The molecule has 0 aliphatic carbocycles. The Kier molecular flexibility index (Phi) is 5.25. The molecular formula is C17H19NO4. The first kappa shape index (κ1) is 15.7. The van der Waals surface area contributed by atoms with Crippen LogP contribution in [-0.4, -0.2) is 26.7 Å². The van der Waals surface area contributed by atoms with Gasteiger partial charge >= 0.3 is 0 Å². The van der Waals surface area contributed by atoms with E-state index in [4.69, 9.17) is 14.2 Å². The summed E-state index contributed by atoms with van der Waals surface area (Å²) >= 11 is 0. The number of hydrogen-bond donors (Lipinski definition) is 1. The summed E-state index contributed by atoms with van der Waals surface area (Å²) in [5.41, 5.74) is 1.06. The average molecular weight is 301 g/mol. The highest BCUT2D eigenvalue weighted by Crippen LogP contribution is 2.31. The first-order valence-electron chi connectivity index (χ1n) is 6.94. The van der Waals surface area contributed by atoms with Gasteiger partial charge in [-0.1, -0.05) is 12.1 Å². The van der Waals surface area contributed by atoms with Crippen molar-refractivity contribution in [3.63, 3.8) is 0 Å². The number of benzene rings is 2. The van der Waals surface area contributed by atoms with Crippen LogP contribution in [0.15, 0.2) is 42.5 Å². The van der Waals surface area contributed by atoms with Crippen LogP contribution in [0.25, 0.3) is 0 Å². The Morgan fingerprint density at radius 3 is 2.55 bits per heavy atom. The zero-order valence-electron chi connectivity index (χ0n) is 12.9. The van der Waals surface area contributed by atoms with Crippen molar-refractivity contribution in [3.05, 3.63) is 48.0 Å². The quantitative estimate of drug-likeness (QED) is 0.889. The van der Waals surface area contributed by atoms with Crippen LogP contribution < -0.4 is 19.5 Å². The van der Waals surface area contributed by atoms with E-state index >= 15 is 0 Å².